The van der Waals surface area contributed by atoms with E-state index in [-0.39, 0.29) is 24.0 Å². The van der Waals surface area contributed by atoms with Gasteiger partial charge in [0.15, 0.2) is 11.6 Å². The zero-order chi connectivity index (χ0) is 22.3. The topological polar surface area (TPSA) is 105 Å². The van der Waals surface area contributed by atoms with Gasteiger partial charge in [-0.25, -0.2) is 19.2 Å². The number of aromatic nitrogens is 2. The Labute approximate surface area is 176 Å². The van der Waals surface area contributed by atoms with Gasteiger partial charge in [-0.05, 0) is 30.7 Å². The van der Waals surface area contributed by atoms with Crippen LogP contribution in [0.25, 0.3) is 11.3 Å². The van der Waals surface area contributed by atoms with Gasteiger partial charge in [-0.2, -0.15) is 8.78 Å². The predicted octanol–water partition coefficient (Wildman–Crippen LogP) is 3.34. The van der Waals surface area contributed by atoms with Gasteiger partial charge in [-0.3, -0.25) is 0 Å². The molecule has 1 unspecified atom stereocenters. The molecule has 3 N–H and O–H groups in total. The molecule has 2 saturated heterocycles. The van der Waals surface area contributed by atoms with Gasteiger partial charge in [0.05, 0.1) is 12.2 Å². The summed E-state index contributed by atoms with van der Waals surface area (Å²) in [4.78, 5) is 22.8. The Bertz CT molecular complexity index is 998. The fraction of sp³-hybridized carbons (Fsp3) is 0.450. The molecule has 0 bridgehead atoms. The van der Waals surface area contributed by atoms with Crippen LogP contribution in [0, 0.1) is 0 Å². The first kappa shape index (κ1) is 21.0. The summed E-state index contributed by atoms with van der Waals surface area (Å²) in [6.07, 6.45) is 0.771. The van der Waals surface area contributed by atoms with Gasteiger partial charge >= 0.3 is 12.7 Å². The number of likely N-dealkylation sites (tertiary alicyclic amines) is 1. The number of hydrogen-bond acceptors (Lipinski definition) is 6. The van der Waals surface area contributed by atoms with Crippen molar-refractivity contribution in [3.63, 3.8) is 0 Å². The Morgan fingerprint density at radius 3 is 2.71 bits per heavy atom. The number of pyridine rings is 2. The van der Waals surface area contributed by atoms with Crippen LogP contribution < -0.4 is 15.4 Å². The van der Waals surface area contributed by atoms with Crippen molar-refractivity contribution in [1.82, 2.24) is 14.9 Å². The first-order valence-corrected chi connectivity index (χ1v) is 9.76. The summed E-state index contributed by atoms with van der Waals surface area (Å²) in [6, 6.07) is 4.92. The smallest absolute Gasteiger partial charge is 0.407 e. The van der Waals surface area contributed by atoms with Crippen LogP contribution in [-0.4, -0.2) is 64.5 Å². The maximum absolute atomic E-state index is 14.4. The van der Waals surface area contributed by atoms with Crippen molar-refractivity contribution >= 4 is 17.7 Å². The Morgan fingerprint density at radius 1 is 1.35 bits per heavy atom. The quantitative estimate of drug-likeness (QED) is 0.739. The highest BCUT2D eigenvalue weighted by Gasteiger charge is 2.36. The van der Waals surface area contributed by atoms with Gasteiger partial charge in [0.1, 0.15) is 11.5 Å². The Kier molecular flexibility index (Phi) is 5.28. The van der Waals surface area contributed by atoms with Crippen molar-refractivity contribution in [2.24, 2.45) is 0 Å². The summed E-state index contributed by atoms with van der Waals surface area (Å²) in [7, 11) is 0. The highest BCUT2D eigenvalue weighted by Crippen LogP contribution is 2.36. The number of nitrogens with two attached hydrogens (primary N) is 1. The first-order chi connectivity index (χ1) is 14.6. The van der Waals surface area contributed by atoms with Crippen molar-refractivity contribution in [3.05, 3.63) is 30.0 Å². The third-order valence-electron chi connectivity index (χ3n) is 5.60. The molecule has 2 fully saturated rings. The molecule has 1 atom stereocenters. The molecule has 0 aromatic carbocycles. The Hall–Kier alpha value is -3.24. The van der Waals surface area contributed by atoms with E-state index in [4.69, 9.17) is 10.8 Å². The van der Waals surface area contributed by atoms with E-state index in [1.165, 1.54) is 24.1 Å². The molecule has 31 heavy (non-hydrogen) atoms. The molecule has 166 valence electrons. The predicted molar refractivity (Wildman–Crippen MR) is 107 cm³/mol. The SMILES string of the molecule is CC1(F)CCN(c2cc(C3CN(C(=O)O)C3)cc(-c3cnc(N)c(OC(F)F)c3)n2)C1. The van der Waals surface area contributed by atoms with Crippen LogP contribution in [0.2, 0.25) is 0 Å². The van der Waals surface area contributed by atoms with E-state index in [1.54, 1.807) is 6.07 Å². The minimum Gasteiger partial charge on any atom is -0.465 e. The van der Waals surface area contributed by atoms with Crippen LogP contribution in [0.15, 0.2) is 24.4 Å². The molecular weight excluding hydrogens is 415 g/mol. The number of halogens is 3. The third kappa shape index (κ3) is 4.44. The number of carbonyl (C=O) groups is 1. The third-order valence-corrected chi connectivity index (χ3v) is 5.60. The standard InChI is InChI=1S/C20H22F3N5O3/c1-20(23)2-3-27(10-20)16-6-11(13-8-28(9-13)19(29)30)4-14(26-16)12-5-15(31-18(21)22)17(24)25-7-12/h4-7,13,18H,2-3,8-10H2,1H3,(H2,24,25)(H,29,30). The summed E-state index contributed by atoms with van der Waals surface area (Å²) in [6.45, 7) is -0.203. The maximum Gasteiger partial charge on any atom is 0.407 e. The van der Waals surface area contributed by atoms with E-state index in [2.05, 4.69) is 14.7 Å². The maximum atomic E-state index is 14.4. The van der Waals surface area contributed by atoms with Gasteiger partial charge in [0, 0.05) is 43.7 Å². The second kappa shape index (κ2) is 7.78. The van der Waals surface area contributed by atoms with E-state index in [9.17, 15) is 18.0 Å². The number of amides is 1. The number of alkyl halides is 3. The minimum absolute atomic E-state index is 0.0468. The van der Waals surface area contributed by atoms with E-state index in [0.717, 1.165) is 5.56 Å². The van der Waals surface area contributed by atoms with Crippen LogP contribution in [-0.2, 0) is 0 Å². The number of ether oxygens (including phenoxy) is 1. The summed E-state index contributed by atoms with van der Waals surface area (Å²) in [5.41, 5.74) is 5.96. The minimum atomic E-state index is -3.06. The Balaban J connectivity index is 1.71. The van der Waals surface area contributed by atoms with Gasteiger partial charge in [0.25, 0.3) is 0 Å². The number of carboxylic acid groups (broad SMARTS) is 1. The fourth-order valence-corrected chi connectivity index (χ4v) is 3.83. The number of hydrogen-bond donors (Lipinski definition) is 2. The number of nitrogens with zero attached hydrogens (tertiary/aromatic N) is 4. The summed E-state index contributed by atoms with van der Waals surface area (Å²) >= 11 is 0. The van der Waals surface area contributed by atoms with Gasteiger partial charge in [-0.1, -0.05) is 0 Å². The lowest BCUT2D eigenvalue weighted by Crippen LogP contribution is -2.47. The average molecular weight is 437 g/mol. The second-order valence-electron chi connectivity index (χ2n) is 8.10. The molecule has 4 rings (SSSR count). The molecule has 4 heterocycles. The molecule has 1 amide bonds. The van der Waals surface area contributed by atoms with Crippen molar-refractivity contribution in [2.75, 3.05) is 36.8 Å². The largest absolute Gasteiger partial charge is 0.465 e. The molecule has 2 aliphatic rings. The molecular formula is C20H22F3N5O3. The lowest BCUT2D eigenvalue weighted by molar-refractivity contribution is -0.0494. The van der Waals surface area contributed by atoms with Crippen LogP contribution in [0.3, 0.4) is 0 Å². The highest BCUT2D eigenvalue weighted by atomic mass is 19.3. The fourth-order valence-electron chi connectivity index (χ4n) is 3.83. The lowest BCUT2D eigenvalue weighted by atomic mass is 9.91. The zero-order valence-corrected chi connectivity index (χ0v) is 16.8. The lowest BCUT2D eigenvalue weighted by Gasteiger charge is -2.37. The molecule has 0 saturated carbocycles. The highest BCUT2D eigenvalue weighted by molar-refractivity contribution is 5.69. The normalized spacial score (nSPS) is 21.5. The average Bonchev–Trinajstić information content (AvgIpc) is 3.01. The Morgan fingerprint density at radius 2 is 2.10 bits per heavy atom. The molecule has 0 spiro atoms. The van der Waals surface area contributed by atoms with Crippen LogP contribution in [0.4, 0.5) is 29.6 Å². The van der Waals surface area contributed by atoms with Crippen molar-refractivity contribution in [3.8, 4) is 17.0 Å². The molecule has 11 heteroatoms. The molecule has 2 aromatic heterocycles. The molecule has 2 aromatic rings. The first-order valence-electron chi connectivity index (χ1n) is 9.76. The molecule has 8 nitrogen and oxygen atoms in total. The number of anilines is 2. The van der Waals surface area contributed by atoms with Crippen molar-refractivity contribution in [2.45, 2.75) is 31.5 Å². The summed E-state index contributed by atoms with van der Waals surface area (Å²) in [5, 5.41) is 9.11. The van der Waals surface area contributed by atoms with E-state index < -0.39 is 18.4 Å². The zero-order valence-electron chi connectivity index (χ0n) is 16.8. The summed E-state index contributed by atoms with van der Waals surface area (Å²) in [5.74, 6) is 0.0500. The van der Waals surface area contributed by atoms with Crippen LogP contribution in [0.1, 0.15) is 24.8 Å². The van der Waals surface area contributed by atoms with Gasteiger partial charge in [0.2, 0.25) is 0 Å². The van der Waals surface area contributed by atoms with Crippen LogP contribution >= 0.6 is 0 Å². The van der Waals surface area contributed by atoms with Gasteiger partial charge < -0.3 is 25.4 Å². The van der Waals surface area contributed by atoms with Crippen LogP contribution in [0.5, 0.6) is 5.75 Å². The number of nitrogen functional groups attached to an aromatic ring is 1. The monoisotopic (exact) mass is 437 g/mol. The van der Waals surface area contributed by atoms with Crippen molar-refractivity contribution < 1.29 is 27.8 Å². The molecule has 0 radical (unpaired) electrons. The molecule has 2 aliphatic heterocycles. The molecule has 0 aliphatic carbocycles. The van der Waals surface area contributed by atoms with Gasteiger partial charge in [-0.15, -0.1) is 0 Å². The van der Waals surface area contributed by atoms with E-state index in [0.29, 0.717) is 43.1 Å². The van der Waals surface area contributed by atoms with Crippen molar-refractivity contribution in [1.29, 1.82) is 0 Å². The van der Waals surface area contributed by atoms with E-state index >= 15 is 0 Å². The summed E-state index contributed by atoms with van der Waals surface area (Å²) < 4.78 is 44.2. The second-order valence-corrected chi connectivity index (χ2v) is 8.10. The number of rotatable bonds is 5. The van der Waals surface area contributed by atoms with E-state index in [1.807, 2.05) is 11.0 Å².